The van der Waals surface area contributed by atoms with E-state index in [0.29, 0.717) is 21.7 Å². The maximum atomic E-state index is 13.5. The summed E-state index contributed by atoms with van der Waals surface area (Å²) >= 11 is 5.96. The molecule has 0 aliphatic carbocycles. The van der Waals surface area contributed by atoms with Gasteiger partial charge < -0.3 is 0 Å². The van der Waals surface area contributed by atoms with Crippen molar-refractivity contribution in [1.29, 1.82) is 0 Å². The average Bonchev–Trinajstić information content (AvgIpc) is 2.42. The van der Waals surface area contributed by atoms with Gasteiger partial charge in [-0.3, -0.25) is 0 Å². The van der Waals surface area contributed by atoms with Crippen molar-refractivity contribution in [2.45, 2.75) is 25.3 Å². The van der Waals surface area contributed by atoms with E-state index in [1.165, 1.54) is 18.2 Å². The van der Waals surface area contributed by atoms with Crippen molar-refractivity contribution >= 4 is 21.6 Å². The van der Waals surface area contributed by atoms with Gasteiger partial charge in [0.25, 0.3) is 0 Å². The molecule has 2 rings (SSSR count). The number of nitrogens with one attached hydrogen (secondary N) is 1. The summed E-state index contributed by atoms with van der Waals surface area (Å²) in [7, 11) is -3.72. The molecule has 1 N–H and O–H groups in total. The normalized spacial score (nSPS) is 11.6. The van der Waals surface area contributed by atoms with Gasteiger partial charge >= 0.3 is 0 Å². The van der Waals surface area contributed by atoms with Crippen LogP contribution in [0.2, 0.25) is 5.02 Å². The van der Waals surface area contributed by atoms with E-state index in [0.717, 1.165) is 0 Å². The first-order valence-corrected chi connectivity index (χ1v) is 8.17. The predicted molar refractivity (Wildman–Crippen MR) is 81.4 cm³/mol. The van der Waals surface area contributed by atoms with E-state index in [1.807, 2.05) is 0 Å². The Balaban J connectivity index is 2.27. The molecule has 0 bridgehead atoms. The molecule has 21 heavy (non-hydrogen) atoms. The molecule has 0 radical (unpaired) electrons. The van der Waals surface area contributed by atoms with Gasteiger partial charge in [0.1, 0.15) is 5.82 Å². The highest BCUT2D eigenvalue weighted by atomic mass is 35.5. The monoisotopic (exact) mass is 327 g/mol. The summed E-state index contributed by atoms with van der Waals surface area (Å²) in [6.07, 6.45) is 0. The topological polar surface area (TPSA) is 46.2 Å². The fraction of sp³-hybridized carbons (Fsp3) is 0.200. The number of sulfonamides is 1. The van der Waals surface area contributed by atoms with Crippen LogP contribution < -0.4 is 4.72 Å². The zero-order valence-corrected chi connectivity index (χ0v) is 13.2. The maximum Gasteiger partial charge on any atom is 0.241 e. The maximum absolute atomic E-state index is 13.5. The number of hydrogen-bond donors (Lipinski definition) is 1. The van der Waals surface area contributed by atoms with Gasteiger partial charge in [0.2, 0.25) is 10.0 Å². The van der Waals surface area contributed by atoms with Crippen molar-refractivity contribution in [3.63, 3.8) is 0 Å². The molecule has 112 valence electrons. The minimum Gasteiger partial charge on any atom is -0.207 e. The molecule has 3 nitrogen and oxygen atoms in total. The third-order valence-electron chi connectivity index (χ3n) is 3.16. The van der Waals surface area contributed by atoms with Gasteiger partial charge in [-0.05, 0) is 43.2 Å². The summed E-state index contributed by atoms with van der Waals surface area (Å²) in [5.74, 6) is -0.441. The first kappa shape index (κ1) is 15.9. The molecule has 0 aliphatic heterocycles. The number of hydrogen-bond acceptors (Lipinski definition) is 2. The second kappa shape index (κ2) is 6.13. The van der Waals surface area contributed by atoms with Crippen molar-refractivity contribution in [3.05, 3.63) is 63.9 Å². The Hall–Kier alpha value is -1.43. The fourth-order valence-electron chi connectivity index (χ4n) is 1.94. The standard InChI is InChI=1S/C15H15ClFNO2S/c1-10-8-15(11(2)7-13(10)16)21(19,20)18-9-12-5-3-4-6-14(12)17/h3-8,18H,9H2,1-2H3. The Kier molecular flexibility index (Phi) is 4.66. The molecule has 2 aromatic rings. The SMILES string of the molecule is Cc1cc(S(=O)(=O)NCc2ccccc2F)c(C)cc1Cl. The van der Waals surface area contributed by atoms with Crippen LogP contribution in [0.3, 0.4) is 0 Å². The van der Waals surface area contributed by atoms with Crippen LogP contribution in [-0.4, -0.2) is 8.42 Å². The summed E-state index contributed by atoms with van der Waals surface area (Å²) in [4.78, 5) is 0.153. The molecule has 0 unspecified atom stereocenters. The van der Waals surface area contributed by atoms with Gasteiger partial charge in [-0.15, -0.1) is 0 Å². The minimum atomic E-state index is -3.72. The molecular weight excluding hydrogens is 313 g/mol. The Morgan fingerprint density at radius 1 is 1.14 bits per heavy atom. The zero-order valence-electron chi connectivity index (χ0n) is 11.7. The largest absolute Gasteiger partial charge is 0.241 e. The van der Waals surface area contributed by atoms with E-state index in [-0.39, 0.29) is 11.4 Å². The second-order valence-corrected chi connectivity index (χ2v) is 6.93. The highest BCUT2D eigenvalue weighted by Crippen LogP contribution is 2.24. The second-order valence-electron chi connectivity index (χ2n) is 4.78. The fourth-order valence-corrected chi connectivity index (χ4v) is 3.47. The molecule has 0 aliphatic rings. The van der Waals surface area contributed by atoms with Crippen LogP contribution in [0.15, 0.2) is 41.3 Å². The van der Waals surface area contributed by atoms with Crippen LogP contribution in [0.4, 0.5) is 4.39 Å². The van der Waals surface area contributed by atoms with Gasteiger partial charge in [-0.1, -0.05) is 29.8 Å². The minimum absolute atomic E-state index is 0.101. The highest BCUT2D eigenvalue weighted by Gasteiger charge is 2.18. The smallest absolute Gasteiger partial charge is 0.207 e. The van der Waals surface area contributed by atoms with E-state index in [9.17, 15) is 12.8 Å². The van der Waals surface area contributed by atoms with Crippen LogP contribution in [-0.2, 0) is 16.6 Å². The highest BCUT2D eigenvalue weighted by molar-refractivity contribution is 7.89. The first-order chi connectivity index (χ1) is 9.81. The van der Waals surface area contributed by atoms with Gasteiger partial charge in [0.15, 0.2) is 0 Å². The van der Waals surface area contributed by atoms with E-state index in [2.05, 4.69) is 4.72 Å². The lowest BCUT2D eigenvalue weighted by Gasteiger charge is -2.11. The number of halogens is 2. The third-order valence-corrected chi connectivity index (χ3v) is 5.11. The van der Waals surface area contributed by atoms with Crippen LogP contribution in [0, 0.1) is 19.7 Å². The Labute approximate surface area is 128 Å². The molecule has 0 saturated carbocycles. The summed E-state index contributed by atoms with van der Waals surface area (Å²) < 4.78 is 40.6. The zero-order chi connectivity index (χ0) is 15.6. The van der Waals surface area contributed by atoms with E-state index >= 15 is 0 Å². The molecular formula is C15H15ClFNO2S. The van der Waals surface area contributed by atoms with Crippen molar-refractivity contribution in [1.82, 2.24) is 4.72 Å². The lowest BCUT2D eigenvalue weighted by molar-refractivity contribution is 0.574. The lowest BCUT2D eigenvalue weighted by Crippen LogP contribution is -2.24. The van der Waals surface area contributed by atoms with Crippen molar-refractivity contribution in [2.24, 2.45) is 0 Å². The molecule has 0 fully saturated rings. The molecule has 0 heterocycles. The Morgan fingerprint density at radius 2 is 1.81 bits per heavy atom. The lowest BCUT2D eigenvalue weighted by atomic mass is 10.2. The molecule has 0 saturated heterocycles. The summed E-state index contributed by atoms with van der Waals surface area (Å²) in [6.45, 7) is 3.30. The third kappa shape index (κ3) is 3.61. The van der Waals surface area contributed by atoms with Crippen LogP contribution >= 0.6 is 11.6 Å². The number of rotatable bonds is 4. The summed E-state index contributed by atoms with van der Waals surface area (Å²) in [5.41, 5.74) is 1.52. The van der Waals surface area contributed by atoms with E-state index in [4.69, 9.17) is 11.6 Å². The quantitative estimate of drug-likeness (QED) is 0.933. The Bertz CT molecular complexity index is 775. The van der Waals surface area contributed by atoms with Gasteiger partial charge in [0.05, 0.1) is 4.90 Å². The van der Waals surface area contributed by atoms with Crippen molar-refractivity contribution in [2.75, 3.05) is 0 Å². The van der Waals surface area contributed by atoms with Crippen LogP contribution in [0.1, 0.15) is 16.7 Å². The predicted octanol–water partition coefficient (Wildman–Crippen LogP) is 3.57. The Morgan fingerprint density at radius 3 is 2.48 bits per heavy atom. The summed E-state index contributed by atoms with van der Waals surface area (Å²) in [6, 6.07) is 9.17. The van der Waals surface area contributed by atoms with E-state index < -0.39 is 15.8 Å². The van der Waals surface area contributed by atoms with Gasteiger partial charge in [-0.2, -0.15) is 0 Å². The van der Waals surface area contributed by atoms with Crippen LogP contribution in [0.25, 0.3) is 0 Å². The van der Waals surface area contributed by atoms with Crippen molar-refractivity contribution < 1.29 is 12.8 Å². The number of benzene rings is 2. The molecule has 0 aromatic heterocycles. The molecule has 0 atom stereocenters. The molecule has 0 spiro atoms. The summed E-state index contributed by atoms with van der Waals surface area (Å²) in [5, 5.41) is 0.514. The van der Waals surface area contributed by atoms with Gasteiger partial charge in [0, 0.05) is 17.1 Å². The average molecular weight is 328 g/mol. The molecule has 2 aromatic carbocycles. The van der Waals surface area contributed by atoms with Crippen molar-refractivity contribution in [3.8, 4) is 0 Å². The van der Waals surface area contributed by atoms with Gasteiger partial charge in [-0.25, -0.2) is 17.5 Å². The number of aryl methyl sites for hydroxylation is 2. The van der Waals surface area contributed by atoms with E-state index in [1.54, 1.807) is 32.0 Å². The first-order valence-electron chi connectivity index (χ1n) is 6.31. The molecule has 6 heteroatoms. The molecule has 0 amide bonds. The van der Waals surface area contributed by atoms with Crippen LogP contribution in [0.5, 0.6) is 0 Å².